The van der Waals surface area contributed by atoms with Crippen molar-refractivity contribution >= 4 is 11.7 Å². The summed E-state index contributed by atoms with van der Waals surface area (Å²) in [6.07, 6.45) is 10.8. The maximum Gasteiger partial charge on any atom is 0.237 e. The second-order valence-electron chi connectivity index (χ2n) is 9.77. The molecule has 2 aromatic heterocycles. The molecule has 1 atom stereocenters. The summed E-state index contributed by atoms with van der Waals surface area (Å²) in [5.41, 5.74) is 2.07. The fourth-order valence-corrected chi connectivity index (χ4v) is 4.74. The molecule has 1 N–H and O–H groups in total. The van der Waals surface area contributed by atoms with Crippen molar-refractivity contribution in [2.75, 3.05) is 32.2 Å². The molecule has 1 aromatic carbocycles. The van der Waals surface area contributed by atoms with Crippen molar-refractivity contribution in [1.82, 2.24) is 24.8 Å². The lowest BCUT2D eigenvalue weighted by Gasteiger charge is -2.31. The smallest absolute Gasteiger partial charge is 0.237 e. The molecule has 0 spiro atoms. The van der Waals surface area contributed by atoms with E-state index in [9.17, 15) is 4.79 Å². The molecule has 37 heavy (non-hydrogen) atoms. The van der Waals surface area contributed by atoms with Gasteiger partial charge >= 0.3 is 0 Å². The second-order valence-corrected chi connectivity index (χ2v) is 9.77. The summed E-state index contributed by atoms with van der Waals surface area (Å²) >= 11 is 0. The highest BCUT2D eigenvalue weighted by molar-refractivity contribution is 5.77. The molecule has 0 radical (unpaired) electrons. The maximum absolute atomic E-state index is 13.0. The normalized spacial score (nSPS) is 15.9. The number of carbonyl (C=O) groups is 1. The van der Waals surface area contributed by atoms with E-state index in [0.29, 0.717) is 30.4 Å². The third-order valence-electron chi connectivity index (χ3n) is 6.82. The molecule has 198 valence electrons. The first kappa shape index (κ1) is 26.4. The van der Waals surface area contributed by atoms with Crippen molar-refractivity contribution < 1.29 is 14.3 Å². The van der Waals surface area contributed by atoms with Gasteiger partial charge in [-0.15, -0.1) is 0 Å². The van der Waals surface area contributed by atoms with Gasteiger partial charge in [0.15, 0.2) is 11.5 Å². The number of amides is 1. The van der Waals surface area contributed by atoms with E-state index in [2.05, 4.69) is 35.1 Å². The molecule has 9 heteroatoms. The van der Waals surface area contributed by atoms with E-state index in [1.807, 2.05) is 29.0 Å². The van der Waals surface area contributed by atoms with Gasteiger partial charge in [0.1, 0.15) is 12.1 Å². The van der Waals surface area contributed by atoms with Gasteiger partial charge in [0.25, 0.3) is 0 Å². The van der Waals surface area contributed by atoms with Crippen molar-refractivity contribution in [3.8, 4) is 17.4 Å². The molecule has 9 nitrogen and oxygen atoms in total. The number of anilines is 1. The molecule has 1 amide bonds. The first-order valence-corrected chi connectivity index (χ1v) is 13.1. The van der Waals surface area contributed by atoms with Gasteiger partial charge < -0.3 is 19.7 Å². The fourth-order valence-electron chi connectivity index (χ4n) is 4.74. The van der Waals surface area contributed by atoms with Crippen molar-refractivity contribution in [3.05, 3.63) is 54.2 Å². The number of rotatable bonds is 10. The molecule has 3 heterocycles. The van der Waals surface area contributed by atoms with Crippen LogP contribution in [-0.4, -0.2) is 58.8 Å². The van der Waals surface area contributed by atoms with Gasteiger partial charge in [-0.25, -0.2) is 9.97 Å². The summed E-state index contributed by atoms with van der Waals surface area (Å²) in [5, 5.41) is 3.12. The Morgan fingerprint density at radius 1 is 1.11 bits per heavy atom. The lowest BCUT2D eigenvalue weighted by Crippen LogP contribution is -2.40. The Balaban J connectivity index is 1.45. The molecular weight excluding hydrogens is 468 g/mol. The molecule has 0 saturated carbocycles. The van der Waals surface area contributed by atoms with E-state index in [4.69, 9.17) is 19.4 Å². The SMILES string of the molecule is COc1ccc(CCNC(=O)CC2CCCCCN2c2cc(C(C)C)nc(-n3ccnc3)n2)cc1OC. The van der Waals surface area contributed by atoms with Gasteiger partial charge in [-0.2, -0.15) is 4.98 Å². The Morgan fingerprint density at radius 2 is 1.95 bits per heavy atom. The third kappa shape index (κ3) is 6.78. The van der Waals surface area contributed by atoms with E-state index in [1.165, 1.54) is 0 Å². The Labute approximate surface area is 219 Å². The van der Waals surface area contributed by atoms with Crippen LogP contribution in [0, 0.1) is 0 Å². The molecule has 3 aromatic rings. The Kier molecular flexibility index (Phi) is 8.98. The first-order valence-electron chi connectivity index (χ1n) is 13.1. The van der Waals surface area contributed by atoms with Crippen LogP contribution in [0.2, 0.25) is 0 Å². The summed E-state index contributed by atoms with van der Waals surface area (Å²) in [4.78, 5) is 29.1. The van der Waals surface area contributed by atoms with Crippen LogP contribution in [0.15, 0.2) is 43.0 Å². The van der Waals surface area contributed by atoms with Crippen LogP contribution >= 0.6 is 0 Å². The van der Waals surface area contributed by atoms with Crippen LogP contribution in [-0.2, 0) is 11.2 Å². The summed E-state index contributed by atoms with van der Waals surface area (Å²) in [6, 6.07) is 8.02. The van der Waals surface area contributed by atoms with Crippen molar-refractivity contribution in [2.24, 2.45) is 0 Å². The molecular formula is C28H38N6O3. The van der Waals surface area contributed by atoms with Crippen LogP contribution in [0.4, 0.5) is 5.82 Å². The number of hydrogen-bond donors (Lipinski definition) is 1. The molecule has 1 fully saturated rings. The zero-order chi connectivity index (χ0) is 26.2. The van der Waals surface area contributed by atoms with E-state index in [0.717, 1.165) is 55.7 Å². The van der Waals surface area contributed by atoms with Gasteiger partial charge in [0.2, 0.25) is 11.9 Å². The number of nitrogens with one attached hydrogen (secondary N) is 1. The van der Waals surface area contributed by atoms with Crippen molar-refractivity contribution in [1.29, 1.82) is 0 Å². The van der Waals surface area contributed by atoms with Gasteiger partial charge in [0.05, 0.1) is 19.9 Å². The quantitative estimate of drug-likeness (QED) is 0.438. The molecule has 1 aliphatic rings. The van der Waals surface area contributed by atoms with Crippen molar-refractivity contribution in [2.45, 2.75) is 64.3 Å². The predicted molar refractivity (Wildman–Crippen MR) is 144 cm³/mol. The number of nitrogens with zero attached hydrogens (tertiary/aromatic N) is 5. The summed E-state index contributed by atoms with van der Waals surface area (Å²) in [7, 11) is 3.25. The number of aromatic nitrogens is 4. The first-order chi connectivity index (χ1) is 18.0. The van der Waals surface area contributed by atoms with E-state index in [-0.39, 0.29) is 17.9 Å². The highest BCUT2D eigenvalue weighted by Crippen LogP contribution is 2.29. The predicted octanol–water partition coefficient (Wildman–Crippen LogP) is 4.30. The lowest BCUT2D eigenvalue weighted by molar-refractivity contribution is -0.121. The number of ether oxygens (including phenoxy) is 2. The van der Waals surface area contributed by atoms with Crippen LogP contribution in [0.1, 0.15) is 63.1 Å². The monoisotopic (exact) mass is 506 g/mol. The average Bonchev–Trinajstić information content (AvgIpc) is 3.35. The topological polar surface area (TPSA) is 94.4 Å². The second kappa shape index (κ2) is 12.6. The summed E-state index contributed by atoms with van der Waals surface area (Å²) in [5.74, 6) is 3.21. The molecule has 1 saturated heterocycles. The highest BCUT2D eigenvalue weighted by atomic mass is 16.5. The number of imidazole rings is 1. The van der Waals surface area contributed by atoms with E-state index < -0.39 is 0 Å². The minimum absolute atomic E-state index is 0.0605. The van der Waals surface area contributed by atoms with Gasteiger partial charge in [0, 0.05) is 44.0 Å². The Morgan fingerprint density at radius 3 is 2.68 bits per heavy atom. The van der Waals surface area contributed by atoms with Crippen LogP contribution in [0.25, 0.3) is 5.95 Å². The number of hydrogen-bond acceptors (Lipinski definition) is 7. The zero-order valence-corrected chi connectivity index (χ0v) is 22.3. The minimum Gasteiger partial charge on any atom is -0.493 e. The fraction of sp³-hybridized carbons (Fsp3) is 0.500. The lowest BCUT2D eigenvalue weighted by atomic mass is 10.1. The Hall–Kier alpha value is -3.62. The number of methoxy groups -OCH3 is 2. The molecule has 1 aliphatic heterocycles. The summed E-state index contributed by atoms with van der Waals surface area (Å²) < 4.78 is 12.5. The van der Waals surface area contributed by atoms with Gasteiger partial charge in [-0.1, -0.05) is 32.8 Å². The zero-order valence-electron chi connectivity index (χ0n) is 22.3. The maximum atomic E-state index is 13.0. The van der Waals surface area contributed by atoms with Crippen LogP contribution in [0.3, 0.4) is 0 Å². The molecule has 0 aliphatic carbocycles. The average molecular weight is 507 g/mol. The van der Waals surface area contributed by atoms with Crippen LogP contribution in [0.5, 0.6) is 11.5 Å². The Bertz CT molecular complexity index is 1160. The molecule has 1 unspecified atom stereocenters. The largest absolute Gasteiger partial charge is 0.493 e. The van der Waals surface area contributed by atoms with Crippen molar-refractivity contribution in [3.63, 3.8) is 0 Å². The standard InChI is InChI=1S/C28H38N6O3/c1-20(2)23-18-26(32-28(31-23)33-15-13-29-19-33)34-14-7-5-6-8-22(34)17-27(35)30-12-11-21-9-10-24(36-3)25(16-21)37-4/h9-10,13,15-16,18-20,22H,5-8,11-12,14,17H2,1-4H3,(H,30,35). The van der Waals surface area contributed by atoms with Crippen LogP contribution < -0.4 is 19.7 Å². The minimum atomic E-state index is 0.0605. The number of benzene rings is 1. The molecule has 4 rings (SSSR count). The van der Waals surface area contributed by atoms with Gasteiger partial charge in [-0.3, -0.25) is 9.36 Å². The summed E-state index contributed by atoms with van der Waals surface area (Å²) in [6.45, 7) is 5.71. The third-order valence-corrected chi connectivity index (χ3v) is 6.82. The highest BCUT2D eigenvalue weighted by Gasteiger charge is 2.26. The van der Waals surface area contributed by atoms with E-state index in [1.54, 1.807) is 26.7 Å². The molecule has 0 bridgehead atoms. The van der Waals surface area contributed by atoms with E-state index >= 15 is 0 Å². The number of carbonyl (C=O) groups excluding carboxylic acids is 1. The van der Waals surface area contributed by atoms with Gasteiger partial charge in [-0.05, 0) is 42.9 Å².